The predicted molar refractivity (Wildman–Crippen MR) is 102 cm³/mol. The first-order valence-electron chi connectivity index (χ1n) is 8.11. The molecule has 0 aromatic heterocycles. The van der Waals surface area contributed by atoms with Crippen LogP contribution < -0.4 is 10.2 Å². The quantitative estimate of drug-likeness (QED) is 0.749. The molecule has 2 aliphatic heterocycles. The highest BCUT2D eigenvalue weighted by Gasteiger charge is 2.50. The lowest BCUT2D eigenvalue weighted by Crippen LogP contribution is -2.41. The third kappa shape index (κ3) is 2.72. The second-order valence-electron chi connectivity index (χ2n) is 6.69. The SMILES string of the molecule is CC1(c2ccc(Cl)c(Cl)c2)NC(=O)N(c2ccc3c(c2)S(=O)(=O)CC3)C1=O. The minimum Gasteiger partial charge on any atom is -0.319 e. The van der Waals surface area contributed by atoms with E-state index in [-0.39, 0.29) is 21.4 Å². The molecule has 1 unspecified atom stereocenters. The largest absolute Gasteiger partial charge is 0.329 e. The number of anilines is 1. The topological polar surface area (TPSA) is 83.6 Å². The monoisotopic (exact) mass is 424 g/mol. The number of nitrogens with one attached hydrogen (secondary N) is 1. The number of imide groups is 1. The van der Waals surface area contributed by atoms with Gasteiger partial charge >= 0.3 is 6.03 Å². The Morgan fingerprint density at radius 3 is 2.52 bits per heavy atom. The Labute approximate surface area is 166 Å². The smallest absolute Gasteiger partial charge is 0.319 e. The average molecular weight is 425 g/mol. The van der Waals surface area contributed by atoms with Gasteiger partial charge in [0.05, 0.1) is 26.4 Å². The van der Waals surface area contributed by atoms with E-state index in [1.165, 1.54) is 12.1 Å². The van der Waals surface area contributed by atoms with Crippen molar-refractivity contribution in [2.24, 2.45) is 0 Å². The van der Waals surface area contributed by atoms with Crippen molar-refractivity contribution < 1.29 is 18.0 Å². The molecule has 0 bridgehead atoms. The van der Waals surface area contributed by atoms with Gasteiger partial charge in [0.2, 0.25) is 0 Å². The molecule has 0 saturated carbocycles. The highest BCUT2D eigenvalue weighted by molar-refractivity contribution is 7.91. The average Bonchev–Trinajstić information content (AvgIpc) is 3.04. The van der Waals surface area contributed by atoms with E-state index in [4.69, 9.17) is 23.2 Å². The third-order valence-corrected chi connectivity index (χ3v) is 7.50. The Balaban J connectivity index is 1.77. The van der Waals surface area contributed by atoms with E-state index in [9.17, 15) is 18.0 Å². The van der Waals surface area contributed by atoms with Gasteiger partial charge in [-0.15, -0.1) is 0 Å². The fraction of sp³-hybridized carbons (Fsp3) is 0.222. The molecule has 0 radical (unpaired) electrons. The van der Waals surface area contributed by atoms with Gasteiger partial charge in [-0.05, 0) is 48.7 Å². The van der Waals surface area contributed by atoms with Crippen LogP contribution in [0.15, 0.2) is 41.3 Å². The number of hydrogen-bond acceptors (Lipinski definition) is 4. The molecule has 1 N–H and O–H groups in total. The van der Waals surface area contributed by atoms with Gasteiger partial charge in [-0.25, -0.2) is 18.1 Å². The van der Waals surface area contributed by atoms with Crippen molar-refractivity contribution in [3.63, 3.8) is 0 Å². The number of aryl methyl sites for hydroxylation is 1. The van der Waals surface area contributed by atoms with Crippen LogP contribution in [0.1, 0.15) is 18.1 Å². The predicted octanol–water partition coefficient (Wildman–Crippen LogP) is 3.29. The van der Waals surface area contributed by atoms with Gasteiger partial charge in [0, 0.05) is 0 Å². The molecule has 27 heavy (non-hydrogen) atoms. The van der Waals surface area contributed by atoms with Gasteiger partial charge in [0.25, 0.3) is 5.91 Å². The summed E-state index contributed by atoms with van der Waals surface area (Å²) in [5.41, 5.74) is 0.0403. The van der Waals surface area contributed by atoms with Gasteiger partial charge in [-0.1, -0.05) is 35.3 Å². The lowest BCUT2D eigenvalue weighted by Gasteiger charge is -2.22. The lowest BCUT2D eigenvalue weighted by atomic mass is 9.92. The number of fused-ring (bicyclic) bond motifs is 1. The number of benzene rings is 2. The molecule has 2 aliphatic rings. The zero-order valence-corrected chi connectivity index (χ0v) is 16.5. The molecule has 2 heterocycles. The van der Waals surface area contributed by atoms with E-state index < -0.39 is 27.3 Å². The summed E-state index contributed by atoms with van der Waals surface area (Å²) in [6, 6.07) is 8.66. The highest BCUT2D eigenvalue weighted by atomic mass is 35.5. The van der Waals surface area contributed by atoms with E-state index in [2.05, 4.69) is 5.32 Å². The summed E-state index contributed by atoms with van der Waals surface area (Å²) < 4.78 is 24.3. The van der Waals surface area contributed by atoms with Gasteiger partial charge in [0.1, 0.15) is 5.54 Å². The van der Waals surface area contributed by atoms with Crippen molar-refractivity contribution in [1.29, 1.82) is 0 Å². The van der Waals surface area contributed by atoms with E-state index in [1.807, 2.05) is 0 Å². The standard InChI is InChI=1S/C18H14Cl2N2O4S/c1-18(11-3-5-13(19)14(20)8-11)16(23)22(17(24)21-18)12-4-2-10-6-7-27(25,26)15(10)9-12/h2-5,8-9H,6-7H2,1H3,(H,21,24). The third-order valence-electron chi connectivity index (χ3n) is 4.97. The maximum Gasteiger partial charge on any atom is 0.329 e. The van der Waals surface area contributed by atoms with E-state index in [0.29, 0.717) is 22.6 Å². The molecular weight excluding hydrogens is 411 g/mol. The maximum absolute atomic E-state index is 13.1. The van der Waals surface area contributed by atoms with Crippen molar-refractivity contribution in [1.82, 2.24) is 5.32 Å². The number of sulfone groups is 1. The number of nitrogens with zero attached hydrogens (tertiary/aromatic N) is 1. The fourth-order valence-electron chi connectivity index (χ4n) is 3.41. The van der Waals surface area contributed by atoms with Crippen LogP contribution in [0.5, 0.6) is 0 Å². The Morgan fingerprint density at radius 2 is 1.81 bits per heavy atom. The van der Waals surface area contributed by atoms with Gasteiger partial charge < -0.3 is 5.32 Å². The number of rotatable bonds is 2. The normalized spacial score (nSPS) is 23.4. The van der Waals surface area contributed by atoms with Crippen LogP contribution in [-0.4, -0.2) is 26.1 Å². The molecule has 0 aliphatic carbocycles. The number of carbonyl (C=O) groups is 2. The zero-order valence-electron chi connectivity index (χ0n) is 14.1. The van der Waals surface area contributed by atoms with Crippen LogP contribution >= 0.6 is 23.2 Å². The second kappa shape index (κ2) is 5.95. The van der Waals surface area contributed by atoms with Gasteiger partial charge in [0.15, 0.2) is 9.84 Å². The molecule has 0 spiro atoms. The summed E-state index contributed by atoms with van der Waals surface area (Å²) in [5.74, 6) is -0.492. The number of halogens is 2. The molecule has 1 fully saturated rings. The van der Waals surface area contributed by atoms with Gasteiger partial charge in [-0.3, -0.25) is 4.79 Å². The first kappa shape index (κ1) is 18.3. The maximum atomic E-state index is 13.1. The van der Waals surface area contributed by atoms with E-state index in [0.717, 1.165) is 4.90 Å². The minimum atomic E-state index is -3.39. The summed E-state index contributed by atoms with van der Waals surface area (Å²) in [6.45, 7) is 1.57. The van der Waals surface area contributed by atoms with E-state index >= 15 is 0 Å². The van der Waals surface area contributed by atoms with Crippen LogP contribution in [0.25, 0.3) is 0 Å². The number of urea groups is 1. The molecule has 4 rings (SSSR count). The fourth-order valence-corrected chi connectivity index (χ4v) is 5.29. The molecule has 9 heteroatoms. The van der Waals surface area contributed by atoms with Crippen LogP contribution in [0, 0.1) is 0 Å². The van der Waals surface area contributed by atoms with Crippen molar-refractivity contribution in [2.45, 2.75) is 23.8 Å². The van der Waals surface area contributed by atoms with Crippen molar-refractivity contribution in [3.8, 4) is 0 Å². The molecule has 2 aromatic carbocycles. The van der Waals surface area contributed by atoms with E-state index in [1.54, 1.807) is 31.2 Å². The number of amides is 3. The Bertz CT molecular complexity index is 1120. The molecule has 3 amide bonds. The van der Waals surface area contributed by atoms with Crippen LogP contribution in [-0.2, 0) is 26.6 Å². The molecular formula is C18H14Cl2N2O4S. The highest BCUT2D eigenvalue weighted by Crippen LogP contribution is 2.37. The molecule has 1 saturated heterocycles. The lowest BCUT2D eigenvalue weighted by molar-refractivity contribution is -0.121. The summed E-state index contributed by atoms with van der Waals surface area (Å²) in [4.78, 5) is 26.8. The summed E-state index contributed by atoms with van der Waals surface area (Å²) in [5, 5.41) is 3.26. The van der Waals surface area contributed by atoms with Crippen LogP contribution in [0.2, 0.25) is 10.0 Å². The Hall–Kier alpha value is -2.09. The van der Waals surface area contributed by atoms with Crippen LogP contribution in [0.3, 0.4) is 0 Å². The summed E-state index contributed by atoms with van der Waals surface area (Å²) in [7, 11) is -3.39. The summed E-state index contributed by atoms with van der Waals surface area (Å²) in [6.07, 6.45) is 0.430. The van der Waals surface area contributed by atoms with Crippen molar-refractivity contribution in [3.05, 3.63) is 57.6 Å². The Kier molecular flexibility index (Phi) is 4.03. The van der Waals surface area contributed by atoms with Crippen molar-refractivity contribution in [2.75, 3.05) is 10.7 Å². The summed E-state index contributed by atoms with van der Waals surface area (Å²) >= 11 is 12.0. The zero-order chi connectivity index (χ0) is 19.6. The first-order chi connectivity index (χ1) is 12.6. The number of carbonyl (C=O) groups excluding carboxylic acids is 2. The van der Waals surface area contributed by atoms with Crippen molar-refractivity contribution >= 4 is 50.7 Å². The van der Waals surface area contributed by atoms with Gasteiger partial charge in [-0.2, -0.15) is 0 Å². The Morgan fingerprint density at radius 1 is 1.07 bits per heavy atom. The first-order valence-corrected chi connectivity index (χ1v) is 10.5. The molecule has 140 valence electrons. The number of hydrogen-bond donors (Lipinski definition) is 1. The second-order valence-corrected chi connectivity index (χ2v) is 9.58. The minimum absolute atomic E-state index is 0.0346. The molecule has 1 atom stereocenters. The van der Waals surface area contributed by atoms with Crippen LogP contribution in [0.4, 0.5) is 10.5 Å². The molecule has 2 aromatic rings. The molecule has 6 nitrogen and oxygen atoms in total.